The summed E-state index contributed by atoms with van der Waals surface area (Å²) in [5.74, 6) is 1.58. The fourth-order valence-corrected chi connectivity index (χ4v) is 5.35. The molecule has 8 heteroatoms. The quantitative estimate of drug-likeness (QED) is 0.437. The van der Waals surface area contributed by atoms with Crippen LogP contribution in [0.1, 0.15) is 24.6 Å². The molecule has 2 N–H and O–H groups in total. The van der Waals surface area contributed by atoms with Crippen molar-refractivity contribution < 1.29 is 4.74 Å². The zero-order chi connectivity index (χ0) is 21.1. The number of fused-ring (bicyclic) bond motifs is 3. The molecule has 2 aliphatic carbocycles. The van der Waals surface area contributed by atoms with Crippen LogP contribution in [-0.2, 0) is 24.3 Å². The molecule has 2 atom stereocenters. The first kappa shape index (κ1) is 19.8. The maximum absolute atomic E-state index is 6.07. The highest BCUT2D eigenvalue weighted by Crippen LogP contribution is 2.59. The largest absolute Gasteiger partial charge is 0.387 e. The van der Waals surface area contributed by atoms with E-state index in [1.54, 1.807) is 0 Å². The number of H-pyrrole nitrogens is 1. The van der Waals surface area contributed by atoms with Crippen LogP contribution in [0.5, 0.6) is 0 Å². The first-order valence-corrected chi connectivity index (χ1v) is 14.7. The molecule has 5 rings (SSSR count). The van der Waals surface area contributed by atoms with Crippen molar-refractivity contribution in [1.82, 2.24) is 24.7 Å². The van der Waals surface area contributed by atoms with E-state index in [9.17, 15) is 0 Å². The number of imidazole rings is 1. The molecule has 2 aliphatic rings. The molecule has 3 aromatic rings. The van der Waals surface area contributed by atoms with Gasteiger partial charge in [-0.3, -0.25) is 0 Å². The Morgan fingerprint density at radius 3 is 2.97 bits per heavy atom. The maximum Gasteiger partial charge on any atom is 0.178 e. The van der Waals surface area contributed by atoms with Crippen LogP contribution in [0.4, 0.5) is 5.69 Å². The van der Waals surface area contributed by atoms with Crippen LogP contribution >= 0.6 is 0 Å². The molecule has 1 saturated carbocycles. The minimum absolute atomic E-state index is 0.442. The second-order valence-electron chi connectivity index (χ2n) is 10.5. The summed E-state index contributed by atoms with van der Waals surface area (Å²) in [6.07, 6.45) is 5.29. The summed E-state index contributed by atoms with van der Waals surface area (Å²) in [4.78, 5) is 12.7. The average molecular weight is 425 g/mol. The molecule has 0 amide bonds. The van der Waals surface area contributed by atoms with Crippen LogP contribution in [0, 0.1) is 11.3 Å². The predicted molar refractivity (Wildman–Crippen MR) is 122 cm³/mol. The first-order valence-electron chi connectivity index (χ1n) is 11.0. The van der Waals surface area contributed by atoms with Gasteiger partial charge < -0.3 is 15.0 Å². The molecule has 0 spiro atoms. The van der Waals surface area contributed by atoms with Gasteiger partial charge >= 0.3 is 0 Å². The van der Waals surface area contributed by atoms with Crippen molar-refractivity contribution in [2.45, 2.75) is 58.6 Å². The number of aromatic amines is 1. The number of hydrogen-bond acceptors (Lipinski definition) is 5. The summed E-state index contributed by atoms with van der Waals surface area (Å²) in [6, 6.07) is 3.21. The van der Waals surface area contributed by atoms with E-state index in [-0.39, 0.29) is 0 Å². The van der Waals surface area contributed by atoms with Gasteiger partial charge in [0.15, 0.2) is 11.5 Å². The van der Waals surface area contributed by atoms with E-state index in [0.717, 1.165) is 53.7 Å². The molecule has 0 aliphatic heterocycles. The van der Waals surface area contributed by atoms with Gasteiger partial charge in [0.05, 0.1) is 17.4 Å². The molecular formula is C22H32N6OSi. The van der Waals surface area contributed by atoms with Gasteiger partial charge in [0.1, 0.15) is 12.4 Å². The molecule has 1 fully saturated rings. The standard InChI is InChI=1S/C22H32N6OSi/c1-22-10-14(22)8-16-18(11-22)28(13-29-6-7-30(3,4)5)27-19(16)21-25-17-9-15(23-2)12-24-20(17)26-21/h9,12,14,23H,6-8,10-11,13H2,1-5H3,(H,24,25,26)/t14-,22-/m1/s1. The molecular weight excluding hydrogens is 392 g/mol. The van der Waals surface area contributed by atoms with E-state index in [1.807, 2.05) is 19.3 Å². The lowest BCUT2D eigenvalue weighted by atomic mass is 9.87. The highest BCUT2D eigenvalue weighted by molar-refractivity contribution is 6.76. The van der Waals surface area contributed by atoms with Gasteiger partial charge in [0.25, 0.3) is 0 Å². The summed E-state index contributed by atoms with van der Waals surface area (Å²) in [5.41, 5.74) is 6.71. The van der Waals surface area contributed by atoms with E-state index in [4.69, 9.17) is 14.8 Å². The van der Waals surface area contributed by atoms with Gasteiger partial charge in [-0.1, -0.05) is 26.6 Å². The molecule has 160 valence electrons. The highest BCUT2D eigenvalue weighted by Gasteiger charge is 2.54. The van der Waals surface area contributed by atoms with E-state index in [0.29, 0.717) is 12.1 Å². The molecule has 3 aromatic heterocycles. The van der Waals surface area contributed by atoms with Crippen molar-refractivity contribution in [2.24, 2.45) is 11.3 Å². The Balaban J connectivity index is 1.47. The minimum atomic E-state index is -1.10. The lowest BCUT2D eigenvalue weighted by Gasteiger charge is -2.20. The number of nitrogens with one attached hydrogen (secondary N) is 2. The molecule has 0 aromatic carbocycles. The Bertz CT molecular complexity index is 1100. The summed E-state index contributed by atoms with van der Waals surface area (Å²) >= 11 is 0. The fraction of sp³-hybridized carbons (Fsp3) is 0.591. The summed E-state index contributed by atoms with van der Waals surface area (Å²) < 4.78 is 8.16. The number of nitrogens with zero attached hydrogens (tertiary/aromatic N) is 4. The van der Waals surface area contributed by atoms with Gasteiger partial charge in [-0.05, 0) is 42.7 Å². The third kappa shape index (κ3) is 3.56. The number of pyridine rings is 1. The normalized spacial score (nSPS) is 22.8. The number of anilines is 1. The van der Waals surface area contributed by atoms with Crippen molar-refractivity contribution >= 4 is 24.9 Å². The number of aromatic nitrogens is 5. The van der Waals surface area contributed by atoms with Gasteiger partial charge in [0, 0.05) is 33.0 Å². The van der Waals surface area contributed by atoms with Crippen molar-refractivity contribution in [2.75, 3.05) is 19.0 Å². The Kier molecular flexibility index (Phi) is 4.55. The van der Waals surface area contributed by atoms with Gasteiger partial charge in [-0.2, -0.15) is 5.10 Å². The van der Waals surface area contributed by atoms with Crippen molar-refractivity contribution in [3.63, 3.8) is 0 Å². The highest BCUT2D eigenvalue weighted by atomic mass is 28.3. The molecule has 0 radical (unpaired) electrons. The molecule has 7 nitrogen and oxygen atoms in total. The van der Waals surface area contributed by atoms with Crippen LogP contribution in [0.2, 0.25) is 25.7 Å². The zero-order valence-corrected chi connectivity index (χ0v) is 19.7. The van der Waals surface area contributed by atoms with Gasteiger partial charge in [-0.25, -0.2) is 14.6 Å². The SMILES string of the molecule is CNc1cnc2nc(-c3nn(COCC[Si](C)(C)C)c4c3C[C@@H]3C[C@]3(C)C4)[nH]c2c1. The molecule has 0 unspecified atom stereocenters. The summed E-state index contributed by atoms with van der Waals surface area (Å²) in [7, 11) is 0.799. The van der Waals surface area contributed by atoms with Crippen LogP contribution < -0.4 is 5.32 Å². The first-order chi connectivity index (χ1) is 14.3. The third-order valence-corrected chi connectivity index (χ3v) is 8.49. The van der Waals surface area contributed by atoms with E-state index < -0.39 is 8.07 Å². The Morgan fingerprint density at radius 1 is 1.37 bits per heavy atom. The van der Waals surface area contributed by atoms with Crippen molar-refractivity contribution in [3.05, 3.63) is 23.5 Å². The maximum atomic E-state index is 6.07. The lowest BCUT2D eigenvalue weighted by molar-refractivity contribution is 0.0757. The van der Waals surface area contributed by atoms with E-state index in [2.05, 4.69) is 46.5 Å². The molecule has 30 heavy (non-hydrogen) atoms. The lowest BCUT2D eigenvalue weighted by Crippen LogP contribution is -2.23. The molecule has 3 heterocycles. The van der Waals surface area contributed by atoms with E-state index in [1.165, 1.54) is 23.7 Å². The number of hydrogen-bond donors (Lipinski definition) is 2. The third-order valence-electron chi connectivity index (χ3n) is 6.79. The summed E-state index contributed by atoms with van der Waals surface area (Å²) in [6.45, 7) is 10.9. The Hall–Kier alpha value is -2.19. The van der Waals surface area contributed by atoms with Crippen LogP contribution in [0.25, 0.3) is 22.7 Å². The second-order valence-corrected chi connectivity index (χ2v) is 16.1. The van der Waals surface area contributed by atoms with Crippen molar-refractivity contribution in [1.29, 1.82) is 0 Å². The van der Waals surface area contributed by atoms with Gasteiger partial charge in [0.2, 0.25) is 0 Å². The fourth-order valence-electron chi connectivity index (χ4n) is 4.59. The van der Waals surface area contributed by atoms with Crippen LogP contribution in [0.3, 0.4) is 0 Å². The molecule has 0 bridgehead atoms. The Labute approximate surface area is 178 Å². The predicted octanol–water partition coefficient (Wildman–Crippen LogP) is 4.30. The number of rotatable bonds is 7. The minimum Gasteiger partial charge on any atom is -0.387 e. The average Bonchev–Trinajstić information content (AvgIpc) is 3.02. The molecule has 0 saturated heterocycles. The number of ether oxygens (including phenoxy) is 1. The summed E-state index contributed by atoms with van der Waals surface area (Å²) in [5, 5.41) is 8.12. The van der Waals surface area contributed by atoms with Crippen LogP contribution in [-0.4, -0.2) is 46.5 Å². The smallest absolute Gasteiger partial charge is 0.178 e. The second kappa shape index (κ2) is 6.92. The van der Waals surface area contributed by atoms with Gasteiger partial charge in [-0.15, -0.1) is 0 Å². The monoisotopic (exact) mass is 424 g/mol. The van der Waals surface area contributed by atoms with Crippen LogP contribution in [0.15, 0.2) is 12.3 Å². The topological polar surface area (TPSA) is 80.7 Å². The van der Waals surface area contributed by atoms with E-state index >= 15 is 0 Å². The van der Waals surface area contributed by atoms with Crippen molar-refractivity contribution in [3.8, 4) is 11.5 Å². The zero-order valence-electron chi connectivity index (χ0n) is 18.7. The Morgan fingerprint density at radius 2 is 2.20 bits per heavy atom.